The molecule has 15 heavy (non-hydrogen) atoms. The molecule has 3 N–H and O–H groups in total. The predicted molar refractivity (Wildman–Crippen MR) is 53.5 cm³/mol. The zero-order valence-electron chi connectivity index (χ0n) is 8.62. The van der Waals surface area contributed by atoms with Crippen molar-refractivity contribution in [3.8, 4) is 0 Å². The number of aliphatic carboxylic acids is 2. The summed E-state index contributed by atoms with van der Waals surface area (Å²) in [6.45, 7) is 6.07. The molecule has 5 heteroatoms. The number of hydrogen-bond donors (Lipinski definition) is 3. The first-order chi connectivity index (χ1) is 6.87. The predicted octanol–water partition coefficient (Wildman–Crippen LogP) is 0.470. The van der Waals surface area contributed by atoms with E-state index in [0.29, 0.717) is 13.0 Å². The van der Waals surface area contributed by atoms with Crippen molar-refractivity contribution in [1.29, 1.82) is 0 Å². The van der Waals surface area contributed by atoms with Crippen molar-refractivity contribution in [2.75, 3.05) is 6.54 Å². The lowest BCUT2D eigenvalue weighted by Gasteiger charge is -2.22. The molecule has 0 aliphatic carbocycles. The van der Waals surface area contributed by atoms with Crippen LogP contribution < -0.4 is 5.32 Å². The Morgan fingerprint density at radius 2 is 2.13 bits per heavy atom. The van der Waals surface area contributed by atoms with Gasteiger partial charge in [0.05, 0.1) is 6.42 Å². The van der Waals surface area contributed by atoms with E-state index in [1.54, 1.807) is 0 Å². The second-order valence-electron chi connectivity index (χ2n) is 4.09. The van der Waals surface area contributed by atoms with E-state index < -0.39 is 23.9 Å². The van der Waals surface area contributed by atoms with Gasteiger partial charge in [-0.15, -0.1) is 0 Å². The zero-order chi connectivity index (χ0) is 11.6. The summed E-state index contributed by atoms with van der Waals surface area (Å²) in [6.07, 6.45) is -0.101. The first-order valence-electron chi connectivity index (χ1n) is 4.73. The molecule has 1 saturated heterocycles. The Morgan fingerprint density at radius 3 is 2.47 bits per heavy atom. The Kier molecular flexibility index (Phi) is 3.14. The quantitative estimate of drug-likeness (QED) is 0.591. The average Bonchev–Trinajstić information content (AvgIpc) is 2.48. The van der Waals surface area contributed by atoms with Crippen molar-refractivity contribution in [2.24, 2.45) is 5.92 Å². The molecular formula is C10H15NO4. The average molecular weight is 213 g/mol. The van der Waals surface area contributed by atoms with Crippen LogP contribution >= 0.6 is 0 Å². The molecule has 0 spiro atoms. The molecule has 1 aliphatic heterocycles. The minimum absolute atomic E-state index is 0.0421. The number of carboxylic acid groups (broad SMARTS) is 2. The minimum atomic E-state index is -1.32. The maximum atomic E-state index is 11.1. The first kappa shape index (κ1) is 11.7. The molecule has 0 bridgehead atoms. The van der Waals surface area contributed by atoms with E-state index in [4.69, 9.17) is 10.2 Å². The van der Waals surface area contributed by atoms with Crippen LogP contribution in [0.2, 0.25) is 0 Å². The van der Waals surface area contributed by atoms with E-state index in [1.165, 1.54) is 0 Å². The monoisotopic (exact) mass is 213 g/mol. The van der Waals surface area contributed by atoms with Gasteiger partial charge in [0, 0.05) is 6.54 Å². The van der Waals surface area contributed by atoms with Crippen LogP contribution in [0.5, 0.6) is 0 Å². The Bertz CT molecular complexity index is 313. The number of carboxylic acids is 2. The van der Waals surface area contributed by atoms with E-state index in [-0.39, 0.29) is 5.92 Å². The van der Waals surface area contributed by atoms with E-state index in [0.717, 1.165) is 5.57 Å². The zero-order valence-corrected chi connectivity index (χ0v) is 8.62. The Balaban J connectivity index is 2.82. The van der Waals surface area contributed by atoms with Gasteiger partial charge in [-0.25, -0.2) is 0 Å². The summed E-state index contributed by atoms with van der Waals surface area (Å²) < 4.78 is 0. The second-order valence-corrected chi connectivity index (χ2v) is 4.09. The number of carbonyl (C=O) groups is 2. The summed E-state index contributed by atoms with van der Waals surface area (Å²) in [4.78, 5) is 21.7. The van der Waals surface area contributed by atoms with E-state index >= 15 is 0 Å². The third kappa shape index (κ3) is 2.36. The first-order valence-corrected chi connectivity index (χ1v) is 4.73. The van der Waals surface area contributed by atoms with Crippen LogP contribution in [0, 0.1) is 5.92 Å². The lowest BCUT2D eigenvalue weighted by atomic mass is 9.87. The summed E-state index contributed by atoms with van der Waals surface area (Å²) in [7, 11) is 0. The highest BCUT2D eigenvalue weighted by Crippen LogP contribution is 2.31. The molecular weight excluding hydrogens is 198 g/mol. The van der Waals surface area contributed by atoms with E-state index in [1.807, 2.05) is 6.92 Å². The Morgan fingerprint density at radius 1 is 1.53 bits per heavy atom. The summed E-state index contributed by atoms with van der Waals surface area (Å²) in [5, 5.41) is 20.5. The number of nitrogens with one attached hydrogen (secondary N) is 1. The van der Waals surface area contributed by atoms with E-state index in [9.17, 15) is 9.59 Å². The van der Waals surface area contributed by atoms with Crippen LogP contribution in [-0.2, 0) is 9.59 Å². The summed E-state index contributed by atoms with van der Waals surface area (Å²) >= 11 is 0. The molecule has 1 rings (SSSR count). The van der Waals surface area contributed by atoms with Gasteiger partial charge in [-0.05, 0) is 19.3 Å². The smallest absolute Gasteiger partial charge is 0.324 e. The highest BCUT2D eigenvalue weighted by molar-refractivity contribution is 5.85. The summed E-state index contributed by atoms with van der Waals surface area (Å²) in [6, 6.07) is 0. The maximum Gasteiger partial charge on any atom is 0.324 e. The molecule has 0 radical (unpaired) electrons. The molecule has 0 aromatic heterocycles. The maximum absolute atomic E-state index is 11.1. The van der Waals surface area contributed by atoms with Crippen molar-refractivity contribution in [3.05, 3.63) is 12.2 Å². The largest absolute Gasteiger partial charge is 0.481 e. The van der Waals surface area contributed by atoms with Gasteiger partial charge in [0.2, 0.25) is 0 Å². The topological polar surface area (TPSA) is 86.6 Å². The van der Waals surface area contributed by atoms with Gasteiger partial charge in [0.1, 0.15) is 5.54 Å². The van der Waals surface area contributed by atoms with Crippen molar-refractivity contribution in [1.82, 2.24) is 5.32 Å². The second kappa shape index (κ2) is 4.02. The molecule has 2 atom stereocenters. The fraction of sp³-hybridized carbons (Fsp3) is 0.600. The van der Waals surface area contributed by atoms with Crippen LogP contribution in [0.15, 0.2) is 12.2 Å². The third-order valence-electron chi connectivity index (χ3n) is 2.84. The standard InChI is InChI=1S/C10H15NO4/c1-6(2)7-3-10(9(14)15,11-5-7)4-8(12)13/h7,11H,1,3-5H2,2H3,(H,12,13)(H,14,15)/t7-,10-/m1/s1. The van der Waals surface area contributed by atoms with Crippen molar-refractivity contribution < 1.29 is 19.8 Å². The normalized spacial score (nSPS) is 30.1. The van der Waals surface area contributed by atoms with Crippen LogP contribution in [0.4, 0.5) is 0 Å². The fourth-order valence-electron chi connectivity index (χ4n) is 1.86. The molecule has 1 heterocycles. The highest BCUT2D eigenvalue weighted by Gasteiger charge is 2.46. The van der Waals surface area contributed by atoms with Crippen LogP contribution in [-0.4, -0.2) is 34.2 Å². The summed E-state index contributed by atoms with van der Waals surface area (Å²) in [5.41, 5.74) is -0.439. The molecule has 0 unspecified atom stereocenters. The number of hydrogen-bond acceptors (Lipinski definition) is 3. The number of rotatable bonds is 4. The molecule has 1 aliphatic rings. The van der Waals surface area contributed by atoms with Crippen molar-refractivity contribution >= 4 is 11.9 Å². The van der Waals surface area contributed by atoms with Gasteiger partial charge in [-0.2, -0.15) is 0 Å². The minimum Gasteiger partial charge on any atom is -0.481 e. The molecule has 5 nitrogen and oxygen atoms in total. The highest BCUT2D eigenvalue weighted by atomic mass is 16.4. The fourth-order valence-corrected chi connectivity index (χ4v) is 1.86. The van der Waals surface area contributed by atoms with Gasteiger partial charge in [-0.3, -0.25) is 9.59 Å². The SMILES string of the molecule is C=C(C)[C@H]1CN[C@](CC(=O)O)(C(=O)O)C1. The lowest BCUT2D eigenvalue weighted by molar-refractivity contribution is -0.150. The van der Waals surface area contributed by atoms with Crippen LogP contribution in [0.3, 0.4) is 0 Å². The Labute approximate surface area is 87.8 Å². The van der Waals surface area contributed by atoms with Gasteiger partial charge >= 0.3 is 11.9 Å². The van der Waals surface area contributed by atoms with Gasteiger partial charge < -0.3 is 15.5 Å². The van der Waals surface area contributed by atoms with Crippen molar-refractivity contribution in [2.45, 2.75) is 25.3 Å². The molecule has 84 valence electrons. The van der Waals surface area contributed by atoms with Crippen LogP contribution in [0.1, 0.15) is 19.8 Å². The lowest BCUT2D eigenvalue weighted by Crippen LogP contribution is -2.49. The molecule has 0 amide bonds. The third-order valence-corrected chi connectivity index (χ3v) is 2.84. The van der Waals surface area contributed by atoms with Gasteiger partial charge in [-0.1, -0.05) is 12.2 Å². The molecule has 0 aromatic carbocycles. The van der Waals surface area contributed by atoms with Crippen LogP contribution in [0.25, 0.3) is 0 Å². The van der Waals surface area contributed by atoms with Gasteiger partial charge in [0.25, 0.3) is 0 Å². The molecule has 0 aromatic rings. The van der Waals surface area contributed by atoms with Gasteiger partial charge in [0.15, 0.2) is 0 Å². The Hall–Kier alpha value is -1.36. The summed E-state index contributed by atoms with van der Waals surface area (Å²) in [5.74, 6) is -2.17. The molecule has 1 fully saturated rings. The van der Waals surface area contributed by atoms with E-state index in [2.05, 4.69) is 11.9 Å². The van der Waals surface area contributed by atoms with Crippen molar-refractivity contribution in [3.63, 3.8) is 0 Å². The molecule has 0 saturated carbocycles.